The third-order valence-electron chi connectivity index (χ3n) is 3.03. The summed E-state index contributed by atoms with van der Waals surface area (Å²) >= 11 is 5.24. The Morgan fingerprint density at radius 3 is 2.44 bits per heavy atom. The van der Waals surface area contributed by atoms with E-state index in [1.807, 2.05) is 0 Å². The lowest BCUT2D eigenvalue weighted by molar-refractivity contribution is 0.555. The van der Waals surface area contributed by atoms with Gasteiger partial charge in [0.15, 0.2) is 0 Å². The van der Waals surface area contributed by atoms with Crippen molar-refractivity contribution in [2.75, 3.05) is 0 Å². The van der Waals surface area contributed by atoms with E-state index in [0.717, 1.165) is 16.6 Å². The van der Waals surface area contributed by atoms with E-state index in [1.165, 1.54) is 16.0 Å². The van der Waals surface area contributed by atoms with Crippen LogP contribution >= 0.6 is 27.3 Å². The molecule has 0 saturated carbocycles. The predicted molar refractivity (Wildman–Crippen MR) is 81.6 cm³/mol. The number of benzene rings is 1. The van der Waals surface area contributed by atoms with Crippen molar-refractivity contribution in [2.45, 2.75) is 25.8 Å². The molecule has 18 heavy (non-hydrogen) atoms. The maximum atomic E-state index is 5.67. The van der Waals surface area contributed by atoms with Crippen molar-refractivity contribution in [2.24, 2.45) is 5.84 Å². The Balaban J connectivity index is 2.12. The SMILES string of the molecule is CCc1ccc(C(Cc2ccc(Br)s2)NN)cc1. The van der Waals surface area contributed by atoms with E-state index in [1.54, 1.807) is 11.3 Å². The molecule has 2 nitrogen and oxygen atoms in total. The van der Waals surface area contributed by atoms with Gasteiger partial charge in [0.2, 0.25) is 0 Å². The largest absolute Gasteiger partial charge is 0.271 e. The van der Waals surface area contributed by atoms with Gasteiger partial charge in [-0.1, -0.05) is 31.2 Å². The molecule has 0 bridgehead atoms. The van der Waals surface area contributed by atoms with Crippen LogP contribution in [0.1, 0.15) is 29.0 Å². The Hall–Kier alpha value is -0.680. The number of hydrogen-bond acceptors (Lipinski definition) is 3. The fraction of sp³-hybridized carbons (Fsp3) is 0.286. The molecule has 1 unspecified atom stereocenters. The molecule has 1 aromatic carbocycles. The zero-order valence-electron chi connectivity index (χ0n) is 10.3. The molecule has 96 valence electrons. The molecule has 4 heteroatoms. The summed E-state index contributed by atoms with van der Waals surface area (Å²) in [5.74, 6) is 5.67. The molecular formula is C14H17BrN2S. The highest BCUT2D eigenvalue weighted by molar-refractivity contribution is 9.11. The van der Waals surface area contributed by atoms with Gasteiger partial charge in [-0.05, 0) is 45.6 Å². The van der Waals surface area contributed by atoms with Gasteiger partial charge in [0, 0.05) is 11.3 Å². The van der Waals surface area contributed by atoms with E-state index in [9.17, 15) is 0 Å². The van der Waals surface area contributed by atoms with Gasteiger partial charge in [-0.15, -0.1) is 11.3 Å². The maximum absolute atomic E-state index is 5.67. The normalized spacial score (nSPS) is 12.6. The first-order valence-electron chi connectivity index (χ1n) is 6.02. The predicted octanol–water partition coefficient (Wildman–Crippen LogP) is 3.82. The maximum Gasteiger partial charge on any atom is 0.0701 e. The average molecular weight is 325 g/mol. The van der Waals surface area contributed by atoms with Crippen LogP contribution in [0.2, 0.25) is 0 Å². The zero-order chi connectivity index (χ0) is 13.0. The second-order valence-corrected chi connectivity index (χ2v) is 6.77. The lowest BCUT2D eigenvalue weighted by Crippen LogP contribution is -2.29. The van der Waals surface area contributed by atoms with E-state index in [-0.39, 0.29) is 6.04 Å². The number of aryl methyl sites for hydroxylation is 1. The minimum absolute atomic E-state index is 0.168. The minimum Gasteiger partial charge on any atom is -0.271 e. The number of nitrogens with two attached hydrogens (primary N) is 1. The van der Waals surface area contributed by atoms with Crippen LogP contribution in [-0.2, 0) is 12.8 Å². The van der Waals surface area contributed by atoms with Crippen LogP contribution in [0.15, 0.2) is 40.2 Å². The third-order valence-corrected chi connectivity index (χ3v) is 4.67. The molecule has 0 fully saturated rings. The number of hydrazine groups is 1. The standard InChI is InChI=1S/C14H17BrN2S/c1-2-10-3-5-11(6-4-10)13(17-16)9-12-7-8-14(15)18-12/h3-8,13,17H,2,9,16H2,1H3. The van der Waals surface area contributed by atoms with Crippen molar-refractivity contribution in [1.82, 2.24) is 5.43 Å². The van der Waals surface area contributed by atoms with Gasteiger partial charge in [0.1, 0.15) is 0 Å². The van der Waals surface area contributed by atoms with Crippen LogP contribution in [0.4, 0.5) is 0 Å². The lowest BCUT2D eigenvalue weighted by Gasteiger charge is -2.15. The first-order valence-corrected chi connectivity index (χ1v) is 7.63. The molecule has 1 atom stereocenters. The number of hydrogen-bond donors (Lipinski definition) is 2. The van der Waals surface area contributed by atoms with Crippen LogP contribution in [0.5, 0.6) is 0 Å². The fourth-order valence-electron chi connectivity index (χ4n) is 1.92. The smallest absolute Gasteiger partial charge is 0.0701 e. The van der Waals surface area contributed by atoms with Crippen molar-refractivity contribution in [1.29, 1.82) is 0 Å². The van der Waals surface area contributed by atoms with Gasteiger partial charge in [-0.25, -0.2) is 0 Å². The molecular weight excluding hydrogens is 308 g/mol. The number of thiophene rings is 1. The molecule has 1 heterocycles. The number of nitrogens with one attached hydrogen (secondary N) is 1. The Kier molecular flexibility index (Phi) is 4.95. The van der Waals surface area contributed by atoms with E-state index in [4.69, 9.17) is 5.84 Å². The van der Waals surface area contributed by atoms with Gasteiger partial charge in [0.05, 0.1) is 9.83 Å². The molecule has 2 rings (SSSR count). The molecule has 1 aromatic heterocycles. The van der Waals surface area contributed by atoms with E-state index < -0.39 is 0 Å². The second kappa shape index (κ2) is 6.48. The van der Waals surface area contributed by atoms with Crippen LogP contribution in [0, 0.1) is 0 Å². The van der Waals surface area contributed by atoms with Crippen molar-refractivity contribution in [3.63, 3.8) is 0 Å². The Labute approximate surface area is 120 Å². The Morgan fingerprint density at radius 2 is 1.94 bits per heavy atom. The molecule has 0 amide bonds. The van der Waals surface area contributed by atoms with Gasteiger partial charge >= 0.3 is 0 Å². The molecule has 0 radical (unpaired) electrons. The average Bonchev–Trinajstić information content (AvgIpc) is 2.82. The number of rotatable bonds is 5. The molecule has 0 spiro atoms. The quantitative estimate of drug-likeness (QED) is 0.648. The molecule has 0 aliphatic heterocycles. The highest BCUT2D eigenvalue weighted by atomic mass is 79.9. The summed E-state index contributed by atoms with van der Waals surface area (Å²) in [5.41, 5.74) is 5.50. The molecule has 0 aliphatic rings. The summed E-state index contributed by atoms with van der Waals surface area (Å²) in [5, 5.41) is 0. The molecule has 0 aliphatic carbocycles. The van der Waals surface area contributed by atoms with Gasteiger partial charge in [-0.2, -0.15) is 0 Å². The first-order chi connectivity index (χ1) is 8.72. The summed E-state index contributed by atoms with van der Waals surface area (Å²) in [6, 6.07) is 13.0. The monoisotopic (exact) mass is 324 g/mol. The summed E-state index contributed by atoms with van der Waals surface area (Å²) in [6.07, 6.45) is 1.98. The van der Waals surface area contributed by atoms with E-state index in [0.29, 0.717) is 0 Å². The molecule has 3 N–H and O–H groups in total. The van der Waals surface area contributed by atoms with E-state index >= 15 is 0 Å². The van der Waals surface area contributed by atoms with Crippen molar-refractivity contribution >= 4 is 27.3 Å². The highest BCUT2D eigenvalue weighted by Crippen LogP contribution is 2.26. The van der Waals surface area contributed by atoms with E-state index in [2.05, 4.69) is 64.7 Å². The number of halogens is 1. The summed E-state index contributed by atoms with van der Waals surface area (Å²) < 4.78 is 1.16. The van der Waals surface area contributed by atoms with Crippen molar-refractivity contribution in [3.05, 3.63) is 56.2 Å². The van der Waals surface area contributed by atoms with Gasteiger partial charge in [0.25, 0.3) is 0 Å². The first kappa shape index (κ1) is 13.7. The summed E-state index contributed by atoms with van der Waals surface area (Å²) in [4.78, 5) is 1.32. The zero-order valence-corrected chi connectivity index (χ0v) is 12.7. The summed E-state index contributed by atoms with van der Waals surface area (Å²) in [6.45, 7) is 2.16. The third kappa shape index (κ3) is 3.42. The van der Waals surface area contributed by atoms with Gasteiger partial charge < -0.3 is 0 Å². The topological polar surface area (TPSA) is 38.0 Å². The molecule has 2 aromatic rings. The Bertz CT molecular complexity index is 493. The van der Waals surface area contributed by atoms with Crippen LogP contribution < -0.4 is 11.3 Å². The minimum atomic E-state index is 0.168. The van der Waals surface area contributed by atoms with Crippen molar-refractivity contribution in [3.8, 4) is 0 Å². The highest BCUT2D eigenvalue weighted by Gasteiger charge is 2.11. The second-order valence-electron chi connectivity index (χ2n) is 4.22. The van der Waals surface area contributed by atoms with Crippen LogP contribution in [0.3, 0.4) is 0 Å². The van der Waals surface area contributed by atoms with Gasteiger partial charge in [-0.3, -0.25) is 11.3 Å². The fourth-order valence-corrected chi connectivity index (χ4v) is 3.45. The summed E-state index contributed by atoms with van der Waals surface area (Å²) in [7, 11) is 0. The lowest BCUT2D eigenvalue weighted by atomic mass is 10.0. The van der Waals surface area contributed by atoms with Crippen molar-refractivity contribution < 1.29 is 0 Å². The van der Waals surface area contributed by atoms with Crippen LogP contribution in [0.25, 0.3) is 0 Å². The van der Waals surface area contributed by atoms with Crippen LogP contribution in [-0.4, -0.2) is 0 Å². The Morgan fingerprint density at radius 1 is 1.22 bits per heavy atom. The molecule has 0 saturated heterocycles.